The van der Waals surface area contributed by atoms with Crippen LogP contribution in [0.15, 0.2) is 48.5 Å². The van der Waals surface area contributed by atoms with Crippen LogP contribution in [-0.2, 0) is 20.6 Å². The molecule has 0 bridgehead atoms. The first-order chi connectivity index (χ1) is 16.2. The number of hydrogen-bond acceptors (Lipinski definition) is 4. The third-order valence-corrected chi connectivity index (χ3v) is 9.34. The van der Waals surface area contributed by atoms with Crippen molar-refractivity contribution < 1.29 is 17.9 Å². The van der Waals surface area contributed by atoms with Gasteiger partial charge in [0.05, 0.1) is 11.8 Å². The Hall–Kier alpha value is -2.09. The lowest BCUT2D eigenvalue weighted by molar-refractivity contribution is -0.127. The highest BCUT2D eigenvalue weighted by molar-refractivity contribution is 7.88. The average Bonchev–Trinajstić information content (AvgIpc) is 2.83. The highest BCUT2D eigenvalue weighted by atomic mass is 35.5. The van der Waals surface area contributed by atoms with Crippen LogP contribution in [-0.4, -0.2) is 37.3 Å². The molecule has 6 nitrogen and oxygen atoms in total. The maximum Gasteiger partial charge on any atom is 0.223 e. The fourth-order valence-corrected chi connectivity index (χ4v) is 6.81. The van der Waals surface area contributed by atoms with E-state index in [1.807, 2.05) is 24.3 Å². The minimum Gasteiger partial charge on any atom is -0.487 e. The summed E-state index contributed by atoms with van der Waals surface area (Å²) in [4.78, 5) is 13.2. The molecule has 0 spiro atoms. The smallest absolute Gasteiger partial charge is 0.223 e. The summed E-state index contributed by atoms with van der Waals surface area (Å²) in [6.45, 7) is 4.93. The van der Waals surface area contributed by atoms with Gasteiger partial charge in [0.25, 0.3) is 0 Å². The van der Waals surface area contributed by atoms with Crippen molar-refractivity contribution in [2.24, 2.45) is 5.92 Å². The van der Waals surface area contributed by atoms with Gasteiger partial charge in [0.15, 0.2) is 0 Å². The van der Waals surface area contributed by atoms with Gasteiger partial charge >= 0.3 is 0 Å². The molecular formula is C26H33ClN2O4S. The molecule has 8 heteroatoms. The van der Waals surface area contributed by atoms with Crippen molar-refractivity contribution in [3.05, 3.63) is 64.7 Å². The lowest BCUT2D eigenvalue weighted by atomic mass is 9.83. The monoisotopic (exact) mass is 504 g/mol. The summed E-state index contributed by atoms with van der Waals surface area (Å²) in [5.74, 6) is 0.545. The fraction of sp³-hybridized carbons (Fsp3) is 0.500. The molecule has 184 valence electrons. The number of halogens is 1. The van der Waals surface area contributed by atoms with Crippen LogP contribution in [0.5, 0.6) is 5.75 Å². The van der Waals surface area contributed by atoms with Crippen molar-refractivity contribution in [2.75, 3.05) is 13.1 Å². The first kappa shape index (κ1) is 25.0. The average molecular weight is 505 g/mol. The SMILES string of the molecule is CCC1(CC)CC(NC(=O)C2CCN(S(=O)(=O)Cc3cccc(Cl)c3)CC2)c2ccccc2O1. The number of benzene rings is 2. The van der Waals surface area contributed by atoms with Gasteiger partial charge in [0, 0.05) is 36.0 Å². The molecule has 2 aromatic rings. The number of para-hydroxylation sites is 1. The lowest BCUT2D eigenvalue weighted by Crippen LogP contribution is -2.47. The molecule has 0 radical (unpaired) electrons. The number of piperidine rings is 1. The van der Waals surface area contributed by atoms with Gasteiger partial charge in [-0.25, -0.2) is 12.7 Å². The van der Waals surface area contributed by atoms with Crippen LogP contribution in [0.3, 0.4) is 0 Å². The van der Waals surface area contributed by atoms with Gasteiger partial charge in [-0.05, 0) is 49.4 Å². The summed E-state index contributed by atoms with van der Waals surface area (Å²) in [6.07, 6.45) is 3.49. The van der Waals surface area contributed by atoms with Gasteiger partial charge < -0.3 is 10.1 Å². The van der Waals surface area contributed by atoms with Crippen molar-refractivity contribution in [1.82, 2.24) is 9.62 Å². The van der Waals surface area contributed by atoms with E-state index in [4.69, 9.17) is 16.3 Å². The van der Waals surface area contributed by atoms with E-state index in [1.165, 1.54) is 4.31 Å². The summed E-state index contributed by atoms with van der Waals surface area (Å²) in [5, 5.41) is 3.79. The Labute approximate surface area is 207 Å². The second kappa shape index (κ2) is 10.3. The van der Waals surface area contributed by atoms with E-state index in [9.17, 15) is 13.2 Å². The zero-order chi connectivity index (χ0) is 24.3. The minimum absolute atomic E-state index is 0.00491. The molecule has 1 saturated heterocycles. The maximum atomic E-state index is 13.2. The van der Waals surface area contributed by atoms with Gasteiger partial charge in [-0.1, -0.05) is 55.8 Å². The quantitative estimate of drug-likeness (QED) is 0.570. The van der Waals surface area contributed by atoms with Crippen LogP contribution in [0.1, 0.15) is 63.1 Å². The normalized spacial score (nSPS) is 20.9. The van der Waals surface area contributed by atoms with Crippen LogP contribution < -0.4 is 10.1 Å². The number of fused-ring (bicyclic) bond motifs is 1. The molecular weight excluding hydrogens is 472 g/mol. The molecule has 1 unspecified atom stereocenters. The van der Waals surface area contributed by atoms with Crippen molar-refractivity contribution in [3.8, 4) is 5.75 Å². The van der Waals surface area contributed by atoms with Crippen molar-refractivity contribution >= 4 is 27.5 Å². The highest BCUT2D eigenvalue weighted by Crippen LogP contribution is 2.42. The number of carbonyl (C=O) groups is 1. The molecule has 34 heavy (non-hydrogen) atoms. The molecule has 1 N–H and O–H groups in total. The molecule has 0 aromatic heterocycles. The van der Waals surface area contributed by atoms with Gasteiger partial charge in [0.1, 0.15) is 11.4 Å². The highest BCUT2D eigenvalue weighted by Gasteiger charge is 2.40. The predicted molar refractivity (Wildman–Crippen MR) is 134 cm³/mol. The Kier molecular flexibility index (Phi) is 7.55. The lowest BCUT2D eigenvalue weighted by Gasteiger charge is -2.42. The van der Waals surface area contributed by atoms with E-state index in [2.05, 4.69) is 19.2 Å². The van der Waals surface area contributed by atoms with Crippen LogP contribution in [0.2, 0.25) is 5.02 Å². The standard InChI is InChI=1S/C26H33ClN2O4S/c1-3-26(4-2)17-23(22-10-5-6-11-24(22)33-26)28-25(30)20-12-14-29(15-13-20)34(31,32)18-19-8-7-9-21(27)16-19/h5-11,16,20,23H,3-4,12-15,17-18H2,1-2H3,(H,28,30). The number of carbonyl (C=O) groups excluding carboxylic acids is 1. The molecule has 2 aliphatic heterocycles. The Balaban J connectivity index is 1.39. The third kappa shape index (κ3) is 5.42. The largest absolute Gasteiger partial charge is 0.487 e. The van der Waals surface area contributed by atoms with E-state index in [0.29, 0.717) is 36.5 Å². The summed E-state index contributed by atoms with van der Waals surface area (Å²) < 4.78 is 33.7. The number of sulfonamides is 1. The van der Waals surface area contributed by atoms with E-state index in [-0.39, 0.29) is 29.2 Å². The molecule has 2 heterocycles. The molecule has 0 aliphatic carbocycles. The summed E-state index contributed by atoms with van der Waals surface area (Å²) in [6, 6.07) is 14.7. The summed E-state index contributed by atoms with van der Waals surface area (Å²) in [7, 11) is -3.47. The van der Waals surface area contributed by atoms with Crippen LogP contribution in [0, 0.1) is 5.92 Å². The number of hydrogen-bond donors (Lipinski definition) is 1. The molecule has 2 aliphatic rings. The van der Waals surface area contributed by atoms with E-state index >= 15 is 0 Å². The minimum atomic E-state index is -3.47. The van der Waals surface area contributed by atoms with E-state index in [1.54, 1.807) is 24.3 Å². The molecule has 1 atom stereocenters. The van der Waals surface area contributed by atoms with Gasteiger partial charge in [-0.2, -0.15) is 0 Å². The number of nitrogens with one attached hydrogen (secondary N) is 1. The van der Waals surface area contributed by atoms with E-state index < -0.39 is 10.0 Å². The molecule has 2 aromatic carbocycles. The Morgan fingerprint density at radius 1 is 1.12 bits per heavy atom. The Morgan fingerprint density at radius 2 is 1.82 bits per heavy atom. The number of rotatable bonds is 7. The van der Waals surface area contributed by atoms with E-state index in [0.717, 1.165) is 30.6 Å². The number of ether oxygens (including phenoxy) is 1. The number of amides is 1. The van der Waals surface area contributed by atoms with Crippen molar-refractivity contribution in [2.45, 2.75) is 63.3 Å². The van der Waals surface area contributed by atoms with Crippen LogP contribution >= 0.6 is 11.6 Å². The Bertz CT molecular complexity index is 1130. The zero-order valence-electron chi connectivity index (χ0n) is 19.8. The molecule has 0 saturated carbocycles. The maximum absolute atomic E-state index is 13.2. The van der Waals surface area contributed by atoms with Crippen molar-refractivity contribution in [3.63, 3.8) is 0 Å². The van der Waals surface area contributed by atoms with Gasteiger partial charge in [0.2, 0.25) is 15.9 Å². The second-order valence-electron chi connectivity index (χ2n) is 9.35. The zero-order valence-corrected chi connectivity index (χ0v) is 21.4. The van der Waals surface area contributed by atoms with Crippen LogP contribution in [0.25, 0.3) is 0 Å². The second-order valence-corrected chi connectivity index (χ2v) is 11.8. The number of nitrogens with zero attached hydrogens (tertiary/aromatic N) is 1. The molecule has 1 fully saturated rings. The fourth-order valence-electron chi connectivity index (χ4n) is 5.04. The molecule has 4 rings (SSSR count). The molecule has 1 amide bonds. The Morgan fingerprint density at radius 3 is 2.50 bits per heavy atom. The predicted octanol–water partition coefficient (Wildman–Crippen LogP) is 5.08. The van der Waals surface area contributed by atoms with Crippen LogP contribution in [0.4, 0.5) is 0 Å². The first-order valence-electron chi connectivity index (χ1n) is 12.1. The summed E-state index contributed by atoms with van der Waals surface area (Å²) >= 11 is 6.00. The van der Waals surface area contributed by atoms with Crippen molar-refractivity contribution in [1.29, 1.82) is 0 Å². The van der Waals surface area contributed by atoms with Gasteiger partial charge in [-0.15, -0.1) is 0 Å². The third-order valence-electron chi connectivity index (χ3n) is 7.26. The topological polar surface area (TPSA) is 75.7 Å². The summed E-state index contributed by atoms with van der Waals surface area (Å²) in [5.41, 5.74) is 1.39. The van der Waals surface area contributed by atoms with Gasteiger partial charge in [-0.3, -0.25) is 4.79 Å². The first-order valence-corrected chi connectivity index (χ1v) is 14.0.